The first-order valence-corrected chi connectivity index (χ1v) is 5.12. The van der Waals surface area contributed by atoms with Gasteiger partial charge in [-0.3, -0.25) is 0 Å². The van der Waals surface area contributed by atoms with Crippen LogP contribution in [0.1, 0.15) is 15.9 Å². The van der Waals surface area contributed by atoms with Crippen molar-refractivity contribution >= 4 is 22.2 Å². The maximum Gasteiger partial charge on any atom is 0.335 e. The number of sulfonamides is 1. The van der Waals surface area contributed by atoms with Crippen molar-refractivity contribution in [2.24, 2.45) is 4.40 Å². The molecule has 0 fully saturated rings. The van der Waals surface area contributed by atoms with Crippen molar-refractivity contribution in [1.29, 1.82) is 0 Å². The molecule has 14 heavy (non-hydrogen) atoms. The summed E-state index contributed by atoms with van der Waals surface area (Å²) in [6.07, 6.45) is 1.20. The lowest BCUT2D eigenvalue weighted by molar-refractivity contribution is 0.0696. The Morgan fingerprint density at radius 1 is 1.36 bits per heavy atom. The van der Waals surface area contributed by atoms with Gasteiger partial charge < -0.3 is 5.11 Å². The third-order valence-electron chi connectivity index (χ3n) is 1.87. The fourth-order valence-corrected chi connectivity index (χ4v) is 2.24. The van der Waals surface area contributed by atoms with Crippen LogP contribution in [0.2, 0.25) is 0 Å². The molecule has 0 radical (unpaired) electrons. The van der Waals surface area contributed by atoms with Crippen LogP contribution in [0.4, 0.5) is 0 Å². The van der Waals surface area contributed by atoms with Gasteiger partial charge in [-0.1, -0.05) is 6.07 Å². The van der Waals surface area contributed by atoms with Gasteiger partial charge in [0.2, 0.25) is 0 Å². The highest BCUT2D eigenvalue weighted by molar-refractivity contribution is 7.90. The average molecular weight is 211 g/mol. The minimum absolute atomic E-state index is 0.0441. The van der Waals surface area contributed by atoms with Gasteiger partial charge in [0.05, 0.1) is 10.5 Å². The van der Waals surface area contributed by atoms with Crippen molar-refractivity contribution in [3.8, 4) is 0 Å². The summed E-state index contributed by atoms with van der Waals surface area (Å²) in [6, 6.07) is 3.88. The zero-order chi connectivity index (χ0) is 10.3. The summed E-state index contributed by atoms with van der Waals surface area (Å²) in [7, 11) is -3.66. The minimum Gasteiger partial charge on any atom is -0.478 e. The molecule has 5 nitrogen and oxygen atoms in total. The molecule has 1 aliphatic heterocycles. The van der Waals surface area contributed by atoms with E-state index < -0.39 is 16.0 Å². The molecular weight excluding hydrogens is 206 g/mol. The third kappa shape index (κ3) is 1.20. The van der Waals surface area contributed by atoms with E-state index in [-0.39, 0.29) is 10.5 Å². The van der Waals surface area contributed by atoms with Crippen molar-refractivity contribution in [3.05, 3.63) is 29.3 Å². The van der Waals surface area contributed by atoms with Gasteiger partial charge in [-0.25, -0.2) is 4.79 Å². The van der Waals surface area contributed by atoms with Crippen LogP contribution in [0.5, 0.6) is 0 Å². The van der Waals surface area contributed by atoms with E-state index in [1.54, 1.807) is 0 Å². The predicted molar refractivity (Wildman–Crippen MR) is 48.2 cm³/mol. The topological polar surface area (TPSA) is 83.8 Å². The Labute approximate surface area is 79.8 Å². The number of benzene rings is 1. The number of hydrogen-bond acceptors (Lipinski definition) is 3. The predicted octanol–water partition coefficient (Wildman–Crippen LogP) is 0.506. The highest BCUT2D eigenvalue weighted by atomic mass is 32.2. The van der Waals surface area contributed by atoms with Crippen LogP contribution in [0.3, 0.4) is 0 Å². The summed E-state index contributed by atoms with van der Waals surface area (Å²) in [5, 5.41) is 8.65. The van der Waals surface area contributed by atoms with Gasteiger partial charge in [0.15, 0.2) is 0 Å². The summed E-state index contributed by atoms with van der Waals surface area (Å²) in [5.41, 5.74) is 0.368. The molecule has 1 aromatic rings. The molecule has 0 amide bonds. The summed E-state index contributed by atoms with van der Waals surface area (Å²) < 4.78 is 25.8. The molecule has 0 atom stereocenters. The largest absolute Gasteiger partial charge is 0.478 e. The molecule has 0 aliphatic carbocycles. The maximum atomic E-state index is 11.2. The summed E-state index contributed by atoms with van der Waals surface area (Å²) in [4.78, 5) is 10.5. The number of carboxylic acids is 1. The molecule has 1 aliphatic rings. The van der Waals surface area contributed by atoms with E-state index in [1.165, 1.54) is 18.3 Å². The fourth-order valence-electron chi connectivity index (χ4n) is 1.18. The van der Waals surface area contributed by atoms with E-state index >= 15 is 0 Å². The first-order chi connectivity index (χ1) is 6.50. The number of rotatable bonds is 1. The van der Waals surface area contributed by atoms with Gasteiger partial charge >= 0.3 is 5.97 Å². The molecule has 1 N–H and O–H groups in total. The smallest absolute Gasteiger partial charge is 0.335 e. The second kappa shape index (κ2) is 2.65. The van der Waals surface area contributed by atoms with Crippen molar-refractivity contribution < 1.29 is 18.3 Å². The zero-order valence-corrected chi connectivity index (χ0v) is 7.65. The third-order valence-corrected chi connectivity index (χ3v) is 3.16. The molecule has 0 bridgehead atoms. The van der Waals surface area contributed by atoms with Gasteiger partial charge in [-0.15, -0.1) is 0 Å². The molecule has 1 aromatic carbocycles. The minimum atomic E-state index is -3.66. The van der Waals surface area contributed by atoms with Crippen LogP contribution < -0.4 is 0 Å². The first-order valence-electron chi connectivity index (χ1n) is 3.68. The van der Waals surface area contributed by atoms with E-state index in [9.17, 15) is 13.2 Å². The van der Waals surface area contributed by atoms with Crippen LogP contribution in [0.15, 0.2) is 27.5 Å². The van der Waals surface area contributed by atoms with Gasteiger partial charge in [0.25, 0.3) is 10.0 Å². The van der Waals surface area contributed by atoms with Gasteiger partial charge in [-0.05, 0) is 12.1 Å². The maximum absolute atomic E-state index is 11.2. The fraction of sp³-hybridized carbons (Fsp3) is 0. The standard InChI is InChI=1S/C8H5NO4S/c10-8(11)5-1-2-6-4-9-14(12,13)7(6)3-5/h1-4H,(H,10,11). The molecule has 72 valence electrons. The first kappa shape index (κ1) is 8.89. The molecule has 6 heteroatoms. The Morgan fingerprint density at radius 3 is 2.71 bits per heavy atom. The Balaban J connectivity index is 2.69. The Hall–Kier alpha value is -1.69. The normalized spacial score (nSPS) is 16.6. The van der Waals surface area contributed by atoms with Gasteiger partial charge in [0.1, 0.15) is 0 Å². The van der Waals surface area contributed by atoms with Crippen molar-refractivity contribution in [2.45, 2.75) is 4.90 Å². The highest BCUT2D eigenvalue weighted by Gasteiger charge is 2.23. The SMILES string of the molecule is O=C(O)c1ccc2c(c1)S(=O)(=O)N=C2. The van der Waals surface area contributed by atoms with Crippen molar-refractivity contribution in [3.63, 3.8) is 0 Å². The molecule has 2 rings (SSSR count). The lowest BCUT2D eigenvalue weighted by atomic mass is 10.1. The molecule has 0 saturated heterocycles. The number of fused-ring (bicyclic) bond motifs is 1. The molecule has 0 unspecified atom stereocenters. The van der Waals surface area contributed by atoms with Crippen LogP contribution in [0.25, 0.3) is 0 Å². The Bertz CT molecular complexity index is 544. The summed E-state index contributed by atoms with van der Waals surface area (Å²) in [6.45, 7) is 0. The lowest BCUT2D eigenvalue weighted by Crippen LogP contribution is -2.00. The molecule has 0 saturated carbocycles. The molecule has 1 heterocycles. The molecule has 0 aromatic heterocycles. The lowest BCUT2D eigenvalue weighted by Gasteiger charge is -1.98. The number of aromatic carboxylic acids is 1. The van der Waals surface area contributed by atoms with E-state index in [0.29, 0.717) is 5.56 Å². The average Bonchev–Trinajstić information content (AvgIpc) is 2.42. The highest BCUT2D eigenvalue weighted by Crippen LogP contribution is 2.23. The van der Waals surface area contributed by atoms with Gasteiger partial charge in [-0.2, -0.15) is 12.8 Å². The molecular formula is C8H5NO4S. The van der Waals surface area contributed by atoms with Crippen molar-refractivity contribution in [1.82, 2.24) is 0 Å². The van der Waals surface area contributed by atoms with E-state index in [1.807, 2.05) is 0 Å². The zero-order valence-electron chi connectivity index (χ0n) is 6.84. The number of hydrogen-bond donors (Lipinski definition) is 1. The number of carboxylic acid groups (broad SMARTS) is 1. The second-order valence-electron chi connectivity index (χ2n) is 2.77. The number of nitrogens with zero attached hydrogens (tertiary/aromatic N) is 1. The van der Waals surface area contributed by atoms with Crippen molar-refractivity contribution in [2.75, 3.05) is 0 Å². The molecule has 0 spiro atoms. The van der Waals surface area contributed by atoms with Gasteiger partial charge in [0, 0.05) is 11.8 Å². The Kier molecular flexibility index (Phi) is 1.68. The van der Waals surface area contributed by atoms with E-state index in [0.717, 1.165) is 6.07 Å². The summed E-state index contributed by atoms with van der Waals surface area (Å²) in [5.74, 6) is -1.16. The number of carbonyl (C=O) groups is 1. The van der Waals surface area contributed by atoms with Crippen LogP contribution in [-0.2, 0) is 10.0 Å². The van der Waals surface area contributed by atoms with Crippen LogP contribution >= 0.6 is 0 Å². The van der Waals surface area contributed by atoms with E-state index in [4.69, 9.17) is 5.11 Å². The monoisotopic (exact) mass is 211 g/mol. The second-order valence-corrected chi connectivity index (χ2v) is 4.37. The van der Waals surface area contributed by atoms with Crippen LogP contribution in [0, 0.1) is 0 Å². The van der Waals surface area contributed by atoms with Crippen LogP contribution in [-0.4, -0.2) is 25.7 Å². The summed E-state index contributed by atoms with van der Waals surface area (Å²) >= 11 is 0. The quantitative estimate of drug-likeness (QED) is 0.733. The van der Waals surface area contributed by atoms with E-state index in [2.05, 4.69) is 4.40 Å². The Morgan fingerprint density at radius 2 is 2.07 bits per heavy atom.